The Hall–Kier alpha value is -2.45. The van der Waals surface area contributed by atoms with E-state index in [1.165, 1.54) is 0 Å². The number of ether oxygens (including phenoxy) is 5. The Morgan fingerprint density at radius 3 is 2.31 bits per heavy atom. The van der Waals surface area contributed by atoms with Gasteiger partial charge in [0.1, 0.15) is 12.0 Å². The molecule has 9 atom stereocenters. The molecule has 54 heavy (non-hydrogen) atoms. The Morgan fingerprint density at radius 1 is 1.06 bits per heavy atom. The maximum atomic E-state index is 14.6. The van der Waals surface area contributed by atoms with Gasteiger partial charge in [-0.3, -0.25) is 14.5 Å². The second kappa shape index (κ2) is 19.6. The number of carbonyl (C=O) groups is 3. The monoisotopic (exact) mass is 760 g/mol. The molecule has 0 amide bonds. The number of nitrogens with zero attached hydrogens (tertiary/aromatic N) is 3. The van der Waals surface area contributed by atoms with Gasteiger partial charge in [-0.2, -0.15) is 0 Å². The van der Waals surface area contributed by atoms with Gasteiger partial charge in [0.25, 0.3) is 0 Å². The zero-order valence-electron chi connectivity index (χ0n) is 34.6. The number of aliphatic hydroxyl groups is 1. The number of likely N-dealkylation sites (tertiary alicyclic amines) is 1. The van der Waals surface area contributed by atoms with Crippen molar-refractivity contribution in [3.05, 3.63) is 35.9 Å². The maximum absolute atomic E-state index is 14.6. The summed E-state index contributed by atoms with van der Waals surface area (Å²) < 4.78 is 32.1. The van der Waals surface area contributed by atoms with Crippen molar-refractivity contribution in [3.8, 4) is 0 Å². The van der Waals surface area contributed by atoms with Crippen LogP contribution in [-0.2, 0) is 33.3 Å². The minimum absolute atomic E-state index is 0.0131. The quantitative estimate of drug-likeness (QED) is 0.249. The van der Waals surface area contributed by atoms with Crippen LogP contribution in [0.15, 0.2) is 30.3 Å². The lowest BCUT2D eigenvalue weighted by Gasteiger charge is -2.48. The number of hydrogen-bond acceptors (Lipinski definition) is 12. The number of carbonyl (C=O) groups excluding carboxylic acids is 3. The molecule has 0 bridgehead atoms. The first-order chi connectivity index (χ1) is 25.5. The third kappa shape index (κ3) is 10.9. The summed E-state index contributed by atoms with van der Waals surface area (Å²) in [7, 11) is 5.52. The van der Waals surface area contributed by atoms with Crippen LogP contribution in [-0.4, -0.2) is 147 Å². The van der Waals surface area contributed by atoms with Crippen LogP contribution < -0.4 is 0 Å². The molecule has 4 unspecified atom stereocenters. The third-order valence-corrected chi connectivity index (χ3v) is 12.2. The van der Waals surface area contributed by atoms with Crippen LogP contribution >= 0.6 is 0 Å². The van der Waals surface area contributed by atoms with Crippen molar-refractivity contribution in [1.29, 1.82) is 0 Å². The summed E-state index contributed by atoms with van der Waals surface area (Å²) >= 11 is 0. The van der Waals surface area contributed by atoms with E-state index in [-0.39, 0.29) is 43.1 Å². The highest BCUT2D eigenvalue weighted by Gasteiger charge is 2.52. The number of benzene rings is 1. The molecule has 0 saturated carbocycles. The van der Waals surface area contributed by atoms with Gasteiger partial charge in [0.2, 0.25) is 0 Å². The lowest BCUT2D eigenvalue weighted by molar-refractivity contribution is -0.295. The summed E-state index contributed by atoms with van der Waals surface area (Å²) in [6, 6.07) is 8.59. The van der Waals surface area contributed by atoms with Crippen molar-refractivity contribution in [2.45, 2.75) is 123 Å². The van der Waals surface area contributed by atoms with Crippen molar-refractivity contribution in [3.63, 3.8) is 0 Å². The molecular formula is C42H69N3O9. The van der Waals surface area contributed by atoms with E-state index in [0.717, 1.165) is 45.4 Å². The number of likely N-dealkylation sites (N-methyl/N-ethyl adjacent to an activating group) is 2. The summed E-state index contributed by atoms with van der Waals surface area (Å²) in [5.74, 6) is -1.62. The van der Waals surface area contributed by atoms with Crippen LogP contribution in [0, 0.1) is 23.2 Å². The van der Waals surface area contributed by atoms with E-state index in [4.69, 9.17) is 23.7 Å². The largest absolute Gasteiger partial charge is 0.463 e. The molecule has 3 aliphatic heterocycles. The molecule has 1 N–H and O–H groups in total. The molecule has 4 rings (SSSR count). The number of esters is 2. The summed E-state index contributed by atoms with van der Waals surface area (Å²) in [6.45, 7) is 17.8. The third-order valence-electron chi connectivity index (χ3n) is 12.2. The summed E-state index contributed by atoms with van der Waals surface area (Å²) in [4.78, 5) is 48.8. The molecule has 306 valence electrons. The topological polar surface area (TPSA) is 127 Å². The number of hydrogen-bond donors (Lipinski definition) is 1. The second-order valence-electron chi connectivity index (χ2n) is 17.1. The standard InChI is InChI=1S/C42H69N3O9/c1-11-45-26-28(2)25-42(7,50-10)37(54-39-35(34(43(8)9)23-29(3)52-39)53-38(48)32-15-13-12-14-16-32)30(4)36(47)41(5,6)40(49)51-27-33(45)24-31-17-19-44(20-18-31)21-22-46/h12-16,28-31,33-35,37,39,46H,11,17-27H2,1-10H3/t28-,29?,30+,33-,34?,35?,37-,39?,42-/m1/s1. The molecule has 3 heterocycles. The SMILES string of the molecule is CCN1C[C@H](C)C[C@@](C)(OC)[C@H](OC2OC(C)CC(N(C)C)C2OC(=O)c2ccccc2)[C@@H](C)C(=O)C(C)(C)C(=O)OC[C@H]1CC1CCN(CCO)CC1. The number of cyclic esters (lactones) is 1. The molecule has 0 spiro atoms. The predicted octanol–water partition coefficient (Wildman–Crippen LogP) is 4.67. The maximum Gasteiger partial charge on any atom is 0.338 e. The Labute approximate surface area is 324 Å². The first kappa shape index (κ1) is 44.3. The second-order valence-corrected chi connectivity index (χ2v) is 17.1. The molecule has 0 aromatic heterocycles. The van der Waals surface area contributed by atoms with Crippen molar-refractivity contribution < 1.29 is 43.2 Å². The molecule has 3 saturated heterocycles. The average molecular weight is 760 g/mol. The molecule has 12 nitrogen and oxygen atoms in total. The van der Waals surface area contributed by atoms with Crippen LogP contribution in [0.1, 0.15) is 90.9 Å². The number of methoxy groups -OCH3 is 1. The number of Topliss-reactive ketones (excluding diaryl/α,β-unsaturated/α-hetero) is 1. The minimum atomic E-state index is -1.47. The van der Waals surface area contributed by atoms with Gasteiger partial charge in [-0.15, -0.1) is 0 Å². The van der Waals surface area contributed by atoms with E-state index in [9.17, 15) is 19.5 Å². The molecule has 1 aromatic carbocycles. The molecule has 3 aliphatic rings. The van der Waals surface area contributed by atoms with E-state index in [1.54, 1.807) is 52.1 Å². The first-order valence-corrected chi connectivity index (χ1v) is 20.1. The highest BCUT2D eigenvalue weighted by molar-refractivity contribution is 6.04. The van der Waals surface area contributed by atoms with Crippen molar-refractivity contribution in [2.75, 3.05) is 67.1 Å². The van der Waals surface area contributed by atoms with E-state index >= 15 is 0 Å². The summed E-state index contributed by atoms with van der Waals surface area (Å²) in [5, 5.41) is 9.42. The van der Waals surface area contributed by atoms with Crippen molar-refractivity contribution in [2.24, 2.45) is 23.2 Å². The first-order valence-electron chi connectivity index (χ1n) is 20.1. The normalized spacial score (nSPS) is 34.1. The molecule has 12 heteroatoms. The van der Waals surface area contributed by atoms with Crippen molar-refractivity contribution >= 4 is 17.7 Å². The lowest BCUT2D eigenvalue weighted by Crippen LogP contribution is -2.60. The highest BCUT2D eigenvalue weighted by Crippen LogP contribution is 2.39. The molecular weight excluding hydrogens is 690 g/mol. The Kier molecular flexibility index (Phi) is 16.1. The van der Waals surface area contributed by atoms with Crippen LogP contribution in [0.4, 0.5) is 0 Å². The van der Waals surface area contributed by atoms with Crippen LogP contribution in [0.2, 0.25) is 0 Å². The number of ketones is 1. The van der Waals surface area contributed by atoms with Gasteiger partial charge in [-0.1, -0.05) is 39.0 Å². The Morgan fingerprint density at radius 2 is 1.72 bits per heavy atom. The fraction of sp³-hybridized carbons (Fsp3) is 0.786. The van der Waals surface area contributed by atoms with E-state index in [0.29, 0.717) is 30.9 Å². The zero-order chi connectivity index (χ0) is 39.8. The fourth-order valence-corrected chi connectivity index (χ4v) is 8.93. The van der Waals surface area contributed by atoms with Crippen LogP contribution in [0.5, 0.6) is 0 Å². The van der Waals surface area contributed by atoms with Gasteiger partial charge in [0.15, 0.2) is 18.2 Å². The van der Waals surface area contributed by atoms with Gasteiger partial charge in [0, 0.05) is 32.2 Å². The lowest BCUT2D eigenvalue weighted by atomic mass is 9.74. The summed E-state index contributed by atoms with van der Waals surface area (Å²) in [5.41, 5.74) is -2.05. The predicted molar refractivity (Wildman–Crippen MR) is 207 cm³/mol. The molecule has 0 radical (unpaired) electrons. The van der Waals surface area contributed by atoms with Gasteiger partial charge < -0.3 is 38.6 Å². The van der Waals surface area contributed by atoms with E-state index in [2.05, 4.69) is 23.6 Å². The van der Waals surface area contributed by atoms with Crippen LogP contribution in [0.3, 0.4) is 0 Å². The van der Waals surface area contributed by atoms with Gasteiger partial charge in [0.05, 0.1) is 36.0 Å². The zero-order valence-corrected chi connectivity index (χ0v) is 34.6. The van der Waals surface area contributed by atoms with Gasteiger partial charge in [-0.05, 0) is 117 Å². The average Bonchev–Trinajstić information content (AvgIpc) is 3.15. The van der Waals surface area contributed by atoms with Crippen LogP contribution in [0.25, 0.3) is 0 Å². The van der Waals surface area contributed by atoms with Gasteiger partial charge in [-0.25, -0.2) is 4.79 Å². The summed E-state index contributed by atoms with van der Waals surface area (Å²) in [6.07, 6.45) is 1.14. The molecule has 0 aliphatic carbocycles. The smallest absolute Gasteiger partial charge is 0.338 e. The van der Waals surface area contributed by atoms with E-state index in [1.807, 2.05) is 38.9 Å². The molecule has 3 fully saturated rings. The van der Waals surface area contributed by atoms with Crippen molar-refractivity contribution in [1.82, 2.24) is 14.7 Å². The number of piperidine rings is 1. The molecule has 1 aromatic rings. The number of β-amino-alcohol motifs (C(OH)–C–C–N with tert-alkyl or cyclic N) is 1. The van der Waals surface area contributed by atoms with E-state index < -0.39 is 47.4 Å². The highest BCUT2D eigenvalue weighted by atomic mass is 16.7. The Bertz CT molecular complexity index is 1350. The van der Waals surface area contributed by atoms with Gasteiger partial charge >= 0.3 is 11.9 Å². The minimum Gasteiger partial charge on any atom is -0.463 e. The fourth-order valence-electron chi connectivity index (χ4n) is 8.93. The Balaban J connectivity index is 1.68. The number of aliphatic hydroxyl groups excluding tert-OH is 1. The number of rotatable bonds is 11.